The molecule has 7 atom stereocenters. The fourth-order valence-electron chi connectivity index (χ4n) is 8.41. The lowest BCUT2D eigenvalue weighted by molar-refractivity contribution is -0.301. The number of carbonyl (C=O) groups is 4. The SMILES string of the molecule is CCCCCCCCC=CCCCCCCCC(=O)OC[C@H](COP(C)(=O)OCCNC(=O)CCCCC(=O)NCCCO[C@@H]1OC(CO)[C@H](O)[C@H](O)C1O)OC(=O)CCCCCCCC=CCCCCCCCC. The standard InChI is InChI=1S/C57H105N2O15P/c1-4-6-8-10-12-14-16-18-20-22-24-26-28-30-32-39-52(63)70-46-48(73-53(64)40-33-31-29-27-25-23-21-19-17-15-13-11-9-7-5-2)47-72-75(3,68)71-44-42-59-51(62)38-35-34-37-50(61)58-41-36-43-69-57-56(67)55(66)54(65)49(45-60)74-57/h18-21,48-49,54-57,60,65-67H,4-17,22-47H2,1-3H3,(H,58,61)(H,59,62)/t48-,49?,54+,55+,56?,57-,75?/m1/s1. The fraction of sp³-hybridized carbons (Fsp3) is 0.860. The highest BCUT2D eigenvalue weighted by atomic mass is 31.2. The van der Waals surface area contributed by atoms with E-state index in [1.807, 2.05) is 0 Å². The molecule has 0 aromatic heterocycles. The molecule has 438 valence electrons. The van der Waals surface area contributed by atoms with E-state index in [4.69, 9.17) is 28.0 Å². The van der Waals surface area contributed by atoms with Gasteiger partial charge in [-0.1, -0.05) is 141 Å². The number of unbranched alkanes of at least 4 members (excludes halogenated alkanes) is 23. The topological polar surface area (TPSA) is 246 Å². The summed E-state index contributed by atoms with van der Waals surface area (Å²) in [6.07, 6.45) is 33.5. The molecule has 6 N–H and O–H groups in total. The number of amides is 2. The highest BCUT2D eigenvalue weighted by Gasteiger charge is 2.44. The number of nitrogens with one attached hydrogen (secondary N) is 2. The first-order chi connectivity index (χ1) is 36.3. The molecular weight excluding hydrogens is 984 g/mol. The maximum absolute atomic E-state index is 13.2. The number of aliphatic hydroxyl groups is 4. The maximum Gasteiger partial charge on any atom is 0.327 e. The van der Waals surface area contributed by atoms with Crippen LogP contribution in [-0.4, -0.2) is 134 Å². The van der Waals surface area contributed by atoms with E-state index >= 15 is 0 Å². The van der Waals surface area contributed by atoms with Crippen LogP contribution in [0.25, 0.3) is 0 Å². The zero-order valence-corrected chi connectivity index (χ0v) is 47.7. The van der Waals surface area contributed by atoms with Gasteiger partial charge in [0.2, 0.25) is 11.8 Å². The first-order valence-corrected chi connectivity index (χ1v) is 31.3. The molecule has 75 heavy (non-hydrogen) atoms. The van der Waals surface area contributed by atoms with Gasteiger partial charge in [0.15, 0.2) is 12.4 Å². The van der Waals surface area contributed by atoms with Gasteiger partial charge in [-0.15, -0.1) is 0 Å². The average molecular weight is 1090 g/mol. The number of hydrogen-bond acceptors (Lipinski definition) is 15. The summed E-state index contributed by atoms with van der Waals surface area (Å²) in [5.41, 5.74) is 0. The van der Waals surface area contributed by atoms with Crippen LogP contribution in [-0.2, 0) is 51.7 Å². The van der Waals surface area contributed by atoms with Gasteiger partial charge in [-0.25, -0.2) is 0 Å². The third kappa shape index (κ3) is 41.1. The van der Waals surface area contributed by atoms with Crippen molar-refractivity contribution in [3.05, 3.63) is 24.3 Å². The van der Waals surface area contributed by atoms with Crippen LogP contribution >= 0.6 is 7.60 Å². The van der Waals surface area contributed by atoms with E-state index in [0.717, 1.165) is 77.0 Å². The Balaban J connectivity index is 2.39. The molecule has 0 radical (unpaired) electrons. The molecule has 1 aliphatic heterocycles. The summed E-state index contributed by atoms with van der Waals surface area (Å²) in [7, 11) is -3.66. The van der Waals surface area contributed by atoms with Crippen LogP contribution in [0.1, 0.15) is 226 Å². The lowest BCUT2D eigenvalue weighted by Gasteiger charge is -2.39. The van der Waals surface area contributed by atoms with Crippen LogP contribution in [0.3, 0.4) is 0 Å². The third-order valence-electron chi connectivity index (χ3n) is 13.1. The lowest BCUT2D eigenvalue weighted by Crippen LogP contribution is -2.59. The van der Waals surface area contributed by atoms with Crippen LogP contribution in [0.2, 0.25) is 0 Å². The second-order valence-corrected chi connectivity index (χ2v) is 22.3. The van der Waals surface area contributed by atoms with Crippen molar-refractivity contribution in [3.63, 3.8) is 0 Å². The van der Waals surface area contributed by atoms with Gasteiger partial charge >= 0.3 is 19.5 Å². The molecule has 1 rings (SSSR count). The van der Waals surface area contributed by atoms with E-state index in [0.29, 0.717) is 32.1 Å². The van der Waals surface area contributed by atoms with E-state index in [2.05, 4.69) is 48.8 Å². The average Bonchev–Trinajstić information content (AvgIpc) is 3.39. The van der Waals surface area contributed by atoms with Crippen LogP contribution in [0.4, 0.5) is 0 Å². The van der Waals surface area contributed by atoms with Crippen molar-refractivity contribution in [2.75, 3.05) is 52.8 Å². The molecule has 0 saturated carbocycles. The van der Waals surface area contributed by atoms with E-state index in [-0.39, 0.29) is 77.0 Å². The normalized spacial score (nSPS) is 19.1. The van der Waals surface area contributed by atoms with Crippen molar-refractivity contribution in [2.24, 2.45) is 0 Å². The maximum atomic E-state index is 13.2. The van der Waals surface area contributed by atoms with E-state index in [1.54, 1.807) is 0 Å². The minimum atomic E-state index is -3.66. The third-order valence-corrected chi connectivity index (χ3v) is 14.4. The van der Waals surface area contributed by atoms with Crippen molar-refractivity contribution in [1.29, 1.82) is 0 Å². The second kappa shape index (κ2) is 48.4. The Morgan fingerprint density at radius 1 is 0.533 bits per heavy atom. The van der Waals surface area contributed by atoms with Crippen molar-refractivity contribution in [3.8, 4) is 0 Å². The molecule has 3 unspecified atom stereocenters. The zero-order chi connectivity index (χ0) is 55.0. The quantitative estimate of drug-likeness (QED) is 0.0144. The van der Waals surface area contributed by atoms with Crippen LogP contribution in [0.5, 0.6) is 0 Å². The molecule has 0 aliphatic carbocycles. The van der Waals surface area contributed by atoms with E-state index in [1.165, 1.54) is 83.7 Å². The Hall–Kier alpha value is -2.73. The number of aliphatic hydroxyl groups excluding tert-OH is 4. The smallest absolute Gasteiger partial charge is 0.327 e. The Bertz CT molecular complexity index is 1530. The van der Waals surface area contributed by atoms with E-state index in [9.17, 15) is 44.2 Å². The lowest BCUT2D eigenvalue weighted by atomic mass is 9.99. The minimum Gasteiger partial charge on any atom is -0.462 e. The summed E-state index contributed by atoms with van der Waals surface area (Å²) in [6, 6.07) is 0. The van der Waals surface area contributed by atoms with Crippen molar-refractivity contribution >= 4 is 31.3 Å². The minimum absolute atomic E-state index is 0.0635. The van der Waals surface area contributed by atoms with Crippen LogP contribution in [0, 0.1) is 0 Å². The molecule has 0 aromatic rings. The molecule has 0 aromatic carbocycles. The molecule has 17 nitrogen and oxygen atoms in total. The summed E-state index contributed by atoms with van der Waals surface area (Å²) in [5, 5.41) is 44.5. The number of esters is 2. The Morgan fingerprint density at radius 2 is 0.987 bits per heavy atom. The van der Waals surface area contributed by atoms with Gasteiger partial charge in [0.1, 0.15) is 31.0 Å². The molecule has 0 bridgehead atoms. The van der Waals surface area contributed by atoms with Crippen molar-refractivity contribution in [2.45, 2.75) is 263 Å². The van der Waals surface area contributed by atoms with Gasteiger partial charge in [-0.3, -0.25) is 23.7 Å². The number of rotatable bonds is 51. The van der Waals surface area contributed by atoms with Gasteiger partial charge in [-0.05, 0) is 83.5 Å². The summed E-state index contributed by atoms with van der Waals surface area (Å²) in [4.78, 5) is 50.3. The highest BCUT2D eigenvalue weighted by Crippen LogP contribution is 2.43. The predicted molar refractivity (Wildman–Crippen MR) is 294 cm³/mol. The number of hydrogen-bond donors (Lipinski definition) is 6. The summed E-state index contributed by atoms with van der Waals surface area (Å²) in [6.45, 7) is 4.99. The Labute approximate surface area is 452 Å². The summed E-state index contributed by atoms with van der Waals surface area (Å²) >= 11 is 0. The second-order valence-electron chi connectivity index (χ2n) is 20.2. The first kappa shape index (κ1) is 70.3. The van der Waals surface area contributed by atoms with E-state index < -0.39 is 63.0 Å². The van der Waals surface area contributed by atoms with Gasteiger partial charge in [0, 0.05) is 45.4 Å². The molecule has 1 saturated heterocycles. The summed E-state index contributed by atoms with van der Waals surface area (Å²) in [5.74, 6) is -1.31. The zero-order valence-electron chi connectivity index (χ0n) is 46.8. The molecule has 1 aliphatic rings. The molecule has 2 amide bonds. The van der Waals surface area contributed by atoms with Crippen molar-refractivity contribution < 1.29 is 72.2 Å². The molecule has 1 fully saturated rings. The van der Waals surface area contributed by atoms with Gasteiger partial charge in [-0.2, -0.15) is 0 Å². The number of ether oxygens (including phenoxy) is 4. The Morgan fingerprint density at radius 3 is 1.49 bits per heavy atom. The molecule has 0 spiro atoms. The Kier molecular flexibility index (Phi) is 45.4. The number of carbonyl (C=O) groups excluding carboxylic acids is 4. The fourth-order valence-corrected chi connectivity index (χ4v) is 9.34. The van der Waals surface area contributed by atoms with Crippen LogP contribution in [0.15, 0.2) is 24.3 Å². The molecular formula is C57H105N2O15P. The first-order valence-electron chi connectivity index (χ1n) is 29.3. The van der Waals surface area contributed by atoms with Crippen LogP contribution < -0.4 is 10.6 Å². The monoisotopic (exact) mass is 1090 g/mol. The molecule has 18 heteroatoms. The van der Waals surface area contributed by atoms with Gasteiger partial charge in [0.25, 0.3) is 0 Å². The molecule has 1 heterocycles. The van der Waals surface area contributed by atoms with Crippen molar-refractivity contribution in [1.82, 2.24) is 10.6 Å². The summed E-state index contributed by atoms with van der Waals surface area (Å²) < 4.78 is 46.2. The largest absolute Gasteiger partial charge is 0.462 e. The van der Waals surface area contributed by atoms with Gasteiger partial charge < -0.3 is 59.1 Å². The number of allylic oxidation sites excluding steroid dienone is 4. The predicted octanol–water partition coefficient (Wildman–Crippen LogP) is 10.4. The highest BCUT2D eigenvalue weighted by molar-refractivity contribution is 7.52. The van der Waals surface area contributed by atoms with Gasteiger partial charge in [0.05, 0.1) is 26.4 Å².